The number of amides is 1. The highest BCUT2D eigenvalue weighted by Crippen LogP contribution is 2.24. The quantitative estimate of drug-likeness (QED) is 0.516. The minimum absolute atomic E-state index is 0.0460. The molecule has 0 aliphatic carbocycles. The van der Waals surface area contributed by atoms with E-state index in [0.717, 1.165) is 26.3 Å². The van der Waals surface area contributed by atoms with Gasteiger partial charge in [0.05, 0.1) is 21.5 Å². The molecule has 3 rings (SSSR count). The van der Waals surface area contributed by atoms with Crippen molar-refractivity contribution in [3.8, 4) is 11.3 Å². The fraction of sp³-hybridized carbons (Fsp3) is 0.111. The number of halogens is 1. The number of pyridine rings is 1. The average Bonchev–Trinajstić information content (AvgIpc) is 2.94. The predicted octanol–water partition coefficient (Wildman–Crippen LogP) is 3.96. The number of hydrogen-bond acceptors (Lipinski definition) is 2. The number of rotatable bonds is 4. The summed E-state index contributed by atoms with van der Waals surface area (Å²) in [6.45, 7) is 1.89. The van der Waals surface area contributed by atoms with Crippen LogP contribution in [0.25, 0.3) is 16.9 Å². The summed E-state index contributed by atoms with van der Waals surface area (Å²) in [6, 6.07) is 15.8. The molecule has 1 amide bonds. The second-order valence-corrected chi connectivity index (χ2v) is 6.23. The van der Waals surface area contributed by atoms with Gasteiger partial charge in [-0.05, 0) is 41.6 Å². The van der Waals surface area contributed by atoms with Gasteiger partial charge in [0, 0.05) is 11.8 Å². The molecule has 2 aromatic heterocycles. The fourth-order valence-electron chi connectivity index (χ4n) is 2.44. The van der Waals surface area contributed by atoms with Crippen LogP contribution in [0.3, 0.4) is 0 Å². The molecule has 3 aromatic rings. The zero-order valence-corrected chi connectivity index (χ0v) is 14.8. The highest BCUT2D eigenvalue weighted by molar-refractivity contribution is 14.1. The zero-order chi connectivity index (χ0) is 16.2. The highest BCUT2D eigenvalue weighted by atomic mass is 127. The second kappa shape index (κ2) is 6.95. The highest BCUT2D eigenvalue weighted by Gasteiger charge is 2.16. The Kier molecular flexibility index (Phi) is 4.76. The Balaban J connectivity index is 2.05. The van der Waals surface area contributed by atoms with E-state index in [1.165, 1.54) is 0 Å². The third kappa shape index (κ3) is 3.44. The molecule has 0 saturated heterocycles. The zero-order valence-electron chi connectivity index (χ0n) is 12.7. The van der Waals surface area contributed by atoms with Gasteiger partial charge in [0.2, 0.25) is 5.91 Å². The lowest BCUT2D eigenvalue weighted by Gasteiger charge is -2.06. The SMILES string of the molecule is C/C=C(\I)NC(=O)Cc1c(-c2ccccc2)nc2ccccn12. The van der Waals surface area contributed by atoms with Crippen LogP contribution in [0.2, 0.25) is 0 Å². The van der Waals surface area contributed by atoms with Crippen molar-refractivity contribution in [3.63, 3.8) is 0 Å². The topological polar surface area (TPSA) is 46.4 Å². The van der Waals surface area contributed by atoms with Crippen LogP contribution in [-0.2, 0) is 11.2 Å². The number of nitrogens with zero attached hydrogens (tertiary/aromatic N) is 2. The van der Waals surface area contributed by atoms with Gasteiger partial charge in [0.1, 0.15) is 5.65 Å². The van der Waals surface area contributed by atoms with Crippen molar-refractivity contribution in [1.82, 2.24) is 14.7 Å². The third-order valence-electron chi connectivity index (χ3n) is 3.52. The van der Waals surface area contributed by atoms with Gasteiger partial charge in [0.15, 0.2) is 0 Å². The Hall–Kier alpha value is -2.15. The molecule has 116 valence electrons. The van der Waals surface area contributed by atoms with Gasteiger partial charge in [-0.2, -0.15) is 0 Å². The van der Waals surface area contributed by atoms with Gasteiger partial charge in [-0.25, -0.2) is 4.98 Å². The molecule has 0 fully saturated rings. The Bertz CT molecular complexity index is 868. The van der Waals surface area contributed by atoms with Crippen molar-refractivity contribution < 1.29 is 4.79 Å². The number of benzene rings is 1. The number of aromatic nitrogens is 2. The number of carbonyl (C=O) groups is 1. The molecule has 0 aliphatic heterocycles. The minimum atomic E-state index is -0.0460. The normalized spacial score (nSPS) is 11.7. The molecule has 4 nitrogen and oxygen atoms in total. The standard InChI is InChI=1S/C18H16IN3O/c1-2-15(19)20-17(23)12-14-18(13-8-4-3-5-9-13)21-16-10-6-7-11-22(14)16/h2-11H,12H2,1H3,(H,20,23)/b15-2+. The molecule has 1 aromatic carbocycles. The molecular weight excluding hydrogens is 401 g/mol. The summed E-state index contributed by atoms with van der Waals surface area (Å²) in [5, 5.41) is 2.88. The monoisotopic (exact) mass is 417 g/mol. The number of nitrogens with one attached hydrogen (secondary N) is 1. The van der Waals surface area contributed by atoms with Crippen molar-refractivity contribution >= 4 is 34.1 Å². The van der Waals surface area contributed by atoms with Crippen LogP contribution in [0.1, 0.15) is 12.6 Å². The largest absolute Gasteiger partial charge is 0.321 e. The van der Waals surface area contributed by atoms with Crippen LogP contribution < -0.4 is 5.32 Å². The molecule has 2 heterocycles. The number of fused-ring (bicyclic) bond motifs is 1. The molecule has 0 radical (unpaired) electrons. The van der Waals surface area contributed by atoms with E-state index in [4.69, 9.17) is 4.98 Å². The lowest BCUT2D eigenvalue weighted by Crippen LogP contribution is -2.23. The first-order chi connectivity index (χ1) is 11.2. The van der Waals surface area contributed by atoms with Gasteiger partial charge in [0.25, 0.3) is 0 Å². The molecule has 0 atom stereocenters. The van der Waals surface area contributed by atoms with Gasteiger partial charge >= 0.3 is 0 Å². The molecule has 5 heteroatoms. The maximum absolute atomic E-state index is 12.3. The molecule has 0 unspecified atom stereocenters. The van der Waals surface area contributed by atoms with E-state index in [1.54, 1.807) is 0 Å². The maximum atomic E-state index is 12.3. The van der Waals surface area contributed by atoms with Crippen LogP contribution in [-0.4, -0.2) is 15.3 Å². The van der Waals surface area contributed by atoms with Crippen LogP contribution in [0.5, 0.6) is 0 Å². The number of hydrogen-bond donors (Lipinski definition) is 1. The molecule has 0 saturated carbocycles. The van der Waals surface area contributed by atoms with E-state index >= 15 is 0 Å². The lowest BCUT2D eigenvalue weighted by atomic mass is 10.1. The van der Waals surface area contributed by atoms with Gasteiger partial charge in [-0.1, -0.05) is 42.5 Å². The molecule has 23 heavy (non-hydrogen) atoms. The summed E-state index contributed by atoms with van der Waals surface area (Å²) in [5.74, 6) is -0.0460. The van der Waals surface area contributed by atoms with E-state index in [0.29, 0.717) is 0 Å². The first-order valence-electron chi connectivity index (χ1n) is 7.32. The van der Waals surface area contributed by atoms with Crippen LogP contribution >= 0.6 is 22.6 Å². The summed E-state index contributed by atoms with van der Waals surface area (Å²) in [7, 11) is 0. The average molecular weight is 417 g/mol. The summed E-state index contributed by atoms with van der Waals surface area (Å²) in [6.07, 6.45) is 4.08. The van der Waals surface area contributed by atoms with Crippen molar-refractivity contribution in [2.75, 3.05) is 0 Å². The first kappa shape index (κ1) is 15.7. The summed E-state index contributed by atoms with van der Waals surface area (Å²) < 4.78 is 2.80. The number of imidazole rings is 1. The van der Waals surface area contributed by atoms with Crippen LogP contribution in [0.4, 0.5) is 0 Å². The van der Waals surface area contributed by atoms with Crippen LogP contribution in [0.15, 0.2) is 64.5 Å². The van der Waals surface area contributed by atoms with Gasteiger partial charge in [-0.3, -0.25) is 4.79 Å². The van der Waals surface area contributed by atoms with Crippen molar-refractivity contribution in [1.29, 1.82) is 0 Å². The fourth-order valence-corrected chi connectivity index (χ4v) is 2.75. The van der Waals surface area contributed by atoms with Crippen molar-refractivity contribution in [2.24, 2.45) is 0 Å². The Morgan fingerprint density at radius 3 is 2.70 bits per heavy atom. The number of carbonyl (C=O) groups excluding carboxylic acids is 1. The smallest absolute Gasteiger partial charge is 0.230 e. The van der Waals surface area contributed by atoms with E-state index in [-0.39, 0.29) is 12.3 Å². The Morgan fingerprint density at radius 1 is 1.22 bits per heavy atom. The van der Waals surface area contributed by atoms with Crippen molar-refractivity contribution in [3.05, 3.63) is 70.2 Å². The van der Waals surface area contributed by atoms with E-state index in [1.807, 2.05) is 72.1 Å². The predicted molar refractivity (Wildman–Crippen MR) is 100 cm³/mol. The molecule has 1 N–H and O–H groups in total. The summed E-state index contributed by atoms with van der Waals surface area (Å²) in [5.41, 5.74) is 3.60. The van der Waals surface area contributed by atoms with Gasteiger partial charge in [-0.15, -0.1) is 0 Å². The van der Waals surface area contributed by atoms with Crippen LogP contribution in [0, 0.1) is 0 Å². The Morgan fingerprint density at radius 2 is 1.96 bits per heavy atom. The summed E-state index contributed by atoms with van der Waals surface area (Å²) >= 11 is 2.11. The molecule has 0 bridgehead atoms. The van der Waals surface area contributed by atoms with E-state index < -0.39 is 0 Å². The summed E-state index contributed by atoms with van der Waals surface area (Å²) in [4.78, 5) is 17.0. The van der Waals surface area contributed by atoms with Crippen molar-refractivity contribution in [2.45, 2.75) is 13.3 Å². The Labute approximate surface area is 148 Å². The lowest BCUT2D eigenvalue weighted by molar-refractivity contribution is -0.119. The third-order valence-corrected chi connectivity index (χ3v) is 4.41. The number of allylic oxidation sites excluding steroid dienone is 1. The molecule has 0 aliphatic rings. The maximum Gasteiger partial charge on any atom is 0.230 e. The van der Waals surface area contributed by atoms with Gasteiger partial charge < -0.3 is 9.72 Å². The minimum Gasteiger partial charge on any atom is -0.321 e. The van der Waals surface area contributed by atoms with E-state index in [2.05, 4.69) is 27.9 Å². The van der Waals surface area contributed by atoms with E-state index in [9.17, 15) is 4.79 Å². The first-order valence-corrected chi connectivity index (χ1v) is 8.40. The molecule has 0 spiro atoms. The second-order valence-electron chi connectivity index (χ2n) is 5.06. The molecular formula is C18H16IN3O.